The minimum absolute atomic E-state index is 0.0770. The number of hydrogen-bond donors (Lipinski definition) is 1. The van der Waals surface area contributed by atoms with Gasteiger partial charge in [0.1, 0.15) is 0 Å². The van der Waals surface area contributed by atoms with Crippen LogP contribution in [0.25, 0.3) is 0 Å². The Kier molecular flexibility index (Phi) is 8.30. The number of hydrogen-bond acceptors (Lipinski definition) is 4. The summed E-state index contributed by atoms with van der Waals surface area (Å²) >= 11 is 0. The third kappa shape index (κ3) is 6.93. The Labute approximate surface area is 97.7 Å². The third-order valence-corrected chi connectivity index (χ3v) is 2.61. The number of aliphatic imine (C=N–C) groups is 1. The molecule has 1 aliphatic carbocycles. The highest BCUT2D eigenvalue weighted by molar-refractivity contribution is 5.84. The molecule has 0 atom stereocenters. The van der Waals surface area contributed by atoms with E-state index in [-0.39, 0.29) is 6.61 Å². The average molecular weight is 229 g/mol. The molecule has 1 fully saturated rings. The van der Waals surface area contributed by atoms with Crippen LogP contribution in [0, 0.1) is 0 Å². The molecule has 4 heteroatoms. The van der Waals surface area contributed by atoms with Gasteiger partial charge in [0, 0.05) is 5.71 Å². The van der Waals surface area contributed by atoms with Gasteiger partial charge >= 0.3 is 0 Å². The SMILES string of the molecule is OCCOCCOCCN=C1CCCCC1. The first-order valence-corrected chi connectivity index (χ1v) is 6.22. The average Bonchev–Trinajstić information content (AvgIpc) is 2.34. The zero-order valence-corrected chi connectivity index (χ0v) is 9.99. The summed E-state index contributed by atoms with van der Waals surface area (Å²) in [5.41, 5.74) is 1.37. The smallest absolute Gasteiger partial charge is 0.0701 e. The predicted molar refractivity (Wildman–Crippen MR) is 64.1 cm³/mol. The minimum atomic E-state index is 0.0770. The van der Waals surface area contributed by atoms with Crippen LogP contribution >= 0.6 is 0 Å². The summed E-state index contributed by atoms with van der Waals surface area (Å²) in [7, 11) is 0. The number of rotatable bonds is 8. The van der Waals surface area contributed by atoms with E-state index in [9.17, 15) is 0 Å². The predicted octanol–water partition coefficient (Wildman–Crippen LogP) is 1.42. The fraction of sp³-hybridized carbons (Fsp3) is 0.917. The first-order valence-electron chi connectivity index (χ1n) is 6.22. The van der Waals surface area contributed by atoms with Gasteiger partial charge in [-0.15, -0.1) is 0 Å². The van der Waals surface area contributed by atoms with Gasteiger partial charge in [0.2, 0.25) is 0 Å². The largest absolute Gasteiger partial charge is 0.394 e. The Hall–Kier alpha value is -0.450. The Morgan fingerprint density at radius 1 is 0.938 bits per heavy atom. The summed E-state index contributed by atoms with van der Waals surface area (Å²) in [6, 6.07) is 0. The van der Waals surface area contributed by atoms with E-state index in [4.69, 9.17) is 14.6 Å². The second-order valence-corrected chi connectivity index (χ2v) is 3.96. The van der Waals surface area contributed by atoms with Crippen molar-refractivity contribution < 1.29 is 14.6 Å². The van der Waals surface area contributed by atoms with Crippen LogP contribution in [-0.2, 0) is 9.47 Å². The summed E-state index contributed by atoms with van der Waals surface area (Å²) in [5, 5.41) is 8.47. The maximum Gasteiger partial charge on any atom is 0.0701 e. The van der Waals surface area contributed by atoms with Crippen molar-refractivity contribution in [3.63, 3.8) is 0 Å². The number of aliphatic hydroxyl groups is 1. The quantitative estimate of drug-likeness (QED) is 0.640. The zero-order valence-electron chi connectivity index (χ0n) is 9.99. The molecule has 0 aromatic heterocycles. The lowest BCUT2D eigenvalue weighted by molar-refractivity contribution is 0.0355. The zero-order chi connectivity index (χ0) is 11.5. The van der Waals surface area contributed by atoms with Gasteiger partial charge in [0.15, 0.2) is 0 Å². The normalized spacial score (nSPS) is 16.4. The molecule has 0 unspecified atom stereocenters. The molecule has 0 amide bonds. The van der Waals surface area contributed by atoms with Crippen molar-refractivity contribution in [1.29, 1.82) is 0 Å². The van der Waals surface area contributed by atoms with Gasteiger partial charge in [-0.25, -0.2) is 0 Å². The second kappa shape index (κ2) is 9.75. The summed E-state index contributed by atoms with van der Waals surface area (Å²) in [6.45, 7) is 3.06. The van der Waals surface area contributed by atoms with Crippen LogP contribution in [0.5, 0.6) is 0 Å². The Morgan fingerprint density at radius 3 is 2.31 bits per heavy atom. The molecule has 16 heavy (non-hydrogen) atoms. The molecule has 4 nitrogen and oxygen atoms in total. The molecule has 1 saturated carbocycles. The Bertz CT molecular complexity index is 187. The van der Waals surface area contributed by atoms with Crippen LogP contribution in [0.15, 0.2) is 4.99 Å². The molecule has 0 aromatic rings. The Morgan fingerprint density at radius 2 is 1.62 bits per heavy atom. The van der Waals surface area contributed by atoms with Crippen molar-refractivity contribution >= 4 is 5.71 Å². The summed E-state index contributed by atoms with van der Waals surface area (Å²) in [4.78, 5) is 4.53. The van der Waals surface area contributed by atoms with E-state index in [0.29, 0.717) is 26.4 Å². The monoisotopic (exact) mass is 229 g/mol. The molecular weight excluding hydrogens is 206 g/mol. The molecule has 0 radical (unpaired) electrons. The first kappa shape index (κ1) is 13.6. The minimum Gasteiger partial charge on any atom is -0.394 e. The lowest BCUT2D eigenvalue weighted by Crippen LogP contribution is -2.10. The van der Waals surface area contributed by atoms with E-state index in [2.05, 4.69) is 4.99 Å². The maximum atomic E-state index is 8.47. The topological polar surface area (TPSA) is 51.0 Å². The molecule has 0 heterocycles. The fourth-order valence-corrected chi connectivity index (χ4v) is 1.77. The molecule has 0 bridgehead atoms. The fourth-order valence-electron chi connectivity index (χ4n) is 1.77. The molecule has 0 saturated heterocycles. The third-order valence-electron chi connectivity index (χ3n) is 2.61. The van der Waals surface area contributed by atoms with E-state index in [0.717, 1.165) is 6.54 Å². The van der Waals surface area contributed by atoms with Crippen LogP contribution in [0.2, 0.25) is 0 Å². The number of ether oxygens (including phenoxy) is 2. The summed E-state index contributed by atoms with van der Waals surface area (Å²) in [5.74, 6) is 0. The van der Waals surface area contributed by atoms with Gasteiger partial charge in [-0.05, 0) is 25.7 Å². The van der Waals surface area contributed by atoms with E-state index in [1.165, 1.54) is 37.8 Å². The standard InChI is InChI=1S/C12H23NO3/c14-7-9-16-11-10-15-8-6-13-12-4-2-1-3-5-12/h14H,1-11H2. The summed E-state index contributed by atoms with van der Waals surface area (Å²) < 4.78 is 10.4. The lowest BCUT2D eigenvalue weighted by Gasteiger charge is -2.12. The van der Waals surface area contributed by atoms with Crippen molar-refractivity contribution in [2.75, 3.05) is 39.6 Å². The summed E-state index contributed by atoms with van der Waals surface area (Å²) in [6.07, 6.45) is 6.32. The van der Waals surface area contributed by atoms with Crippen molar-refractivity contribution in [3.8, 4) is 0 Å². The number of aliphatic hydroxyl groups excluding tert-OH is 1. The Balaban J connectivity index is 1.87. The maximum absolute atomic E-state index is 8.47. The van der Waals surface area contributed by atoms with Crippen molar-refractivity contribution in [2.24, 2.45) is 4.99 Å². The van der Waals surface area contributed by atoms with Gasteiger partial charge in [0.05, 0.1) is 39.6 Å². The van der Waals surface area contributed by atoms with E-state index >= 15 is 0 Å². The second-order valence-electron chi connectivity index (χ2n) is 3.96. The highest BCUT2D eigenvalue weighted by Gasteiger charge is 2.05. The van der Waals surface area contributed by atoms with E-state index in [1.54, 1.807) is 0 Å². The van der Waals surface area contributed by atoms with Crippen LogP contribution in [-0.4, -0.2) is 50.4 Å². The van der Waals surface area contributed by atoms with E-state index < -0.39 is 0 Å². The van der Waals surface area contributed by atoms with Gasteiger partial charge in [-0.1, -0.05) is 6.42 Å². The van der Waals surface area contributed by atoms with Gasteiger partial charge < -0.3 is 14.6 Å². The van der Waals surface area contributed by atoms with Crippen LogP contribution in [0.1, 0.15) is 32.1 Å². The van der Waals surface area contributed by atoms with Crippen LogP contribution in [0.3, 0.4) is 0 Å². The molecule has 0 aliphatic heterocycles. The highest BCUT2D eigenvalue weighted by atomic mass is 16.5. The van der Waals surface area contributed by atoms with Gasteiger partial charge in [-0.2, -0.15) is 0 Å². The molecular formula is C12H23NO3. The molecule has 1 N–H and O–H groups in total. The molecule has 1 rings (SSSR count). The van der Waals surface area contributed by atoms with E-state index in [1.807, 2.05) is 0 Å². The molecule has 0 aromatic carbocycles. The lowest BCUT2D eigenvalue weighted by atomic mass is 9.99. The molecule has 0 spiro atoms. The van der Waals surface area contributed by atoms with Crippen LogP contribution < -0.4 is 0 Å². The highest BCUT2D eigenvalue weighted by Crippen LogP contribution is 2.14. The molecule has 94 valence electrons. The van der Waals surface area contributed by atoms with Crippen molar-refractivity contribution in [1.82, 2.24) is 0 Å². The van der Waals surface area contributed by atoms with Gasteiger partial charge in [0.25, 0.3) is 0 Å². The van der Waals surface area contributed by atoms with Crippen LogP contribution in [0.4, 0.5) is 0 Å². The molecule has 1 aliphatic rings. The first-order chi connectivity index (χ1) is 7.93. The van der Waals surface area contributed by atoms with Gasteiger partial charge in [-0.3, -0.25) is 4.99 Å². The number of nitrogens with zero attached hydrogens (tertiary/aromatic N) is 1. The van der Waals surface area contributed by atoms with Crippen molar-refractivity contribution in [2.45, 2.75) is 32.1 Å². The van der Waals surface area contributed by atoms with Crippen molar-refractivity contribution in [3.05, 3.63) is 0 Å².